The maximum atomic E-state index is 12.7. The molecule has 2 atom stereocenters. The zero-order valence-corrected chi connectivity index (χ0v) is 10.2. The molecule has 0 saturated heterocycles. The third kappa shape index (κ3) is 4.12. The van der Waals surface area contributed by atoms with Gasteiger partial charge in [0.2, 0.25) is 0 Å². The molecule has 1 rings (SSSR count). The molecule has 0 aliphatic heterocycles. The lowest BCUT2D eigenvalue weighted by Crippen LogP contribution is -2.21. The van der Waals surface area contributed by atoms with Crippen LogP contribution in [0.25, 0.3) is 0 Å². The number of aliphatic hydroxyl groups excluding tert-OH is 1. The Hall–Kier alpha value is -0.580. The van der Waals surface area contributed by atoms with E-state index in [1.807, 2.05) is 0 Å². The molecule has 16 heavy (non-hydrogen) atoms. The minimum atomic E-state index is -0.239. The van der Waals surface area contributed by atoms with Crippen LogP contribution >= 0.6 is 11.8 Å². The van der Waals surface area contributed by atoms with Crippen LogP contribution in [-0.2, 0) is 0 Å². The lowest BCUT2D eigenvalue weighted by atomic mass is 10.1. The van der Waals surface area contributed by atoms with Gasteiger partial charge < -0.3 is 10.8 Å². The molecule has 1 aromatic rings. The first-order valence-electron chi connectivity index (χ1n) is 5.38. The largest absolute Gasteiger partial charge is 0.396 e. The summed E-state index contributed by atoms with van der Waals surface area (Å²) in [6.07, 6.45) is 0.783. The summed E-state index contributed by atoms with van der Waals surface area (Å²) >= 11 is 1.73. The molecular weight excluding hydrogens is 225 g/mol. The highest BCUT2D eigenvalue weighted by Gasteiger charge is 2.14. The standard InChI is InChI=1S/C12H18FNOS/c1-9(16-8-2-7-15)12(14)10-3-5-11(13)6-4-10/h3-6,9,12,15H,2,7-8,14H2,1H3. The fourth-order valence-electron chi connectivity index (χ4n) is 1.39. The normalized spacial score (nSPS) is 14.8. The van der Waals surface area contributed by atoms with Gasteiger partial charge in [-0.25, -0.2) is 4.39 Å². The van der Waals surface area contributed by atoms with Crippen LogP contribution < -0.4 is 5.73 Å². The van der Waals surface area contributed by atoms with Crippen LogP contribution in [0.5, 0.6) is 0 Å². The van der Waals surface area contributed by atoms with Crippen LogP contribution in [-0.4, -0.2) is 22.7 Å². The molecule has 0 spiro atoms. The molecule has 2 unspecified atom stereocenters. The Morgan fingerprint density at radius 2 is 2.00 bits per heavy atom. The van der Waals surface area contributed by atoms with Gasteiger partial charge in [0, 0.05) is 17.9 Å². The third-order valence-corrected chi connectivity index (χ3v) is 3.79. The summed E-state index contributed by atoms with van der Waals surface area (Å²) in [5.74, 6) is 0.656. The van der Waals surface area contributed by atoms with Gasteiger partial charge in [0.1, 0.15) is 5.82 Å². The van der Waals surface area contributed by atoms with Crippen molar-refractivity contribution in [2.45, 2.75) is 24.6 Å². The lowest BCUT2D eigenvalue weighted by molar-refractivity contribution is 0.296. The number of aliphatic hydroxyl groups is 1. The molecule has 2 nitrogen and oxygen atoms in total. The first-order valence-corrected chi connectivity index (χ1v) is 6.43. The summed E-state index contributed by atoms with van der Waals surface area (Å²) in [6, 6.07) is 6.22. The van der Waals surface area contributed by atoms with Crippen molar-refractivity contribution < 1.29 is 9.50 Å². The lowest BCUT2D eigenvalue weighted by Gasteiger charge is -2.19. The molecule has 0 fully saturated rings. The summed E-state index contributed by atoms with van der Waals surface area (Å²) in [6.45, 7) is 2.27. The van der Waals surface area contributed by atoms with Crippen molar-refractivity contribution in [3.63, 3.8) is 0 Å². The molecule has 0 heterocycles. The van der Waals surface area contributed by atoms with E-state index < -0.39 is 0 Å². The van der Waals surface area contributed by atoms with Gasteiger partial charge in [-0.05, 0) is 29.9 Å². The smallest absolute Gasteiger partial charge is 0.123 e. The molecule has 3 N–H and O–H groups in total. The summed E-state index contributed by atoms with van der Waals surface area (Å²) < 4.78 is 12.7. The van der Waals surface area contributed by atoms with E-state index in [1.165, 1.54) is 12.1 Å². The van der Waals surface area contributed by atoms with Gasteiger partial charge in [0.05, 0.1) is 0 Å². The second-order valence-corrected chi connectivity index (χ2v) is 5.22. The number of benzene rings is 1. The maximum Gasteiger partial charge on any atom is 0.123 e. The maximum absolute atomic E-state index is 12.7. The van der Waals surface area contributed by atoms with Gasteiger partial charge in [-0.1, -0.05) is 19.1 Å². The molecule has 0 saturated carbocycles. The van der Waals surface area contributed by atoms with Crippen LogP contribution in [0.3, 0.4) is 0 Å². The SMILES string of the molecule is CC(SCCCO)C(N)c1ccc(F)cc1. The van der Waals surface area contributed by atoms with Crippen LogP contribution in [0.2, 0.25) is 0 Å². The van der Waals surface area contributed by atoms with Crippen molar-refractivity contribution in [2.24, 2.45) is 5.73 Å². The minimum absolute atomic E-state index is 0.0932. The molecule has 90 valence electrons. The average molecular weight is 243 g/mol. The molecular formula is C12H18FNOS. The fourth-order valence-corrected chi connectivity index (χ4v) is 2.43. The average Bonchev–Trinajstić information content (AvgIpc) is 2.29. The summed E-state index contributed by atoms with van der Waals surface area (Å²) in [7, 11) is 0. The quantitative estimate of drug-likeness (QED) is 0.754. The van der Waals surface area contributed by atoms with E-state index in [-0.39, 0.29) is 23.7 Å². The molecule has 0 aromatic heterocycles. The fraction of sp³-hybridized carbons (Fsp3) is 0.500. The van der Waals surface area contributed by atoms with Crippen LogP contribution in [0.4, 0.5) is 4.39 Å². The molecule has 0 radical (unpaired) electrons. The second-order valence-electron chi connectivity index (χ2n) is 3.73. The van der Waals surface area contributed by atoms with Crippen molar-refractivity contribution >= 4 is 11.8 Å². The van der Waals surface area contributed by atoms with Crippen LogP contribution in [0.1, 0.15) is 24.9 Å². The summed E-state index contributed by atoms with van der Waals surface area (Å²) in [4.78, 5) is 0. The van der Waals surface area contributed by atoms with E-state index in [4.69, 9.17) is 10.8 Å². The Labute approximate surface area is 100 Å². The van der Waals surface area contributed by atoms with E-state index in [9.17, 15) is 4.39 Å². The van der Waals surface area contributed by atoms with Gasteiger partial charge >= 0.3 is 0 Å². The Morgan fingerprint density at radius 3 is 2.56 bits per heavy atom. The van der Waals surface area contributed by atoms with Gasteiger partial charge in [0.25, 0.3) is 0 Å². The zero-order valence-electron chi connectivity index (χ0n) is 9.40. The number of hydrogen-bond donors (Lipinski definition) is 2. The van der Waals surface area contributed by atoms with Gasteiger partial charge in [-0.3, -0.25) is 0 Å². The van der Waals surface area contributed by atoms with Crippen molar-refractivity contribution in [1.29, 1.82) is 0 Å². The predicted octanol–water partition coefficient (Wildman–Crippen LogP) is 2.33. The van der Waals surface area contributed by atoms with E-state index in [0.717, 1.165) is 17.7 Å². The van der Waals surface area contributed by atoms with Gasteiger partial charge in [-0.15, -0.1) is 0 Å². The first-order chi connectivity index (χ1) is 7.65. The predicted molar refractivity (Wildman–Crippen MR) is 67.0 cm³/mol. The Morgan fingerprint density at radius 1 is 1.38 bits per heavy atom. The zero-order chi connectivity index (χ0) is 12.0. The first kappa shape index (κ1) is 13.5. The highest BCUT2D eigenvalue weighted by atomic mass is 32.2. The molecule has 0 aliphatic carbocycles. The highest BCUT2D eigenvalue weighted by molar-refractivity contribution is 7.99. The molecule has 4 heteroatoms. The molecule has 1 aromatic carbocycles. The van der Waals surface area contributed by atoms with E-state index in [0.29, 0.717) is 0 Å². The number of nitrogens with two attached hydrogens (primary N) is 1. The molecule has 0 bridgehead atoms. The van der Waals surface area contributed by atoms with Gasteiger partial charge in [0.15, 0.2) is 0 Å². The summed E-state index contributed by atoms with van der Waals surface area (Å²) in [5.41, 5.74) is 7.01. The van der Waals surface area contributed by atoms with Crippen molar-refractivity contribution in [2.75, 3.05) is 12.4 Å². The van der Waals surface area contributed by atoms with Crippen molar-refractivity contribution in [3.05, 3.63) is 35.6 Å². The molecule has 0 amide bonds. The van der Waals surface area contributed by atoms with Gasteiger partial charge in [-0.2, -0.15) is 11.8 Å². The monoisotopic (exact) mass is 243 g/mol. The van der Waals surface area contributed by atoms with Crippen molar-refractivity contribution in [1.82, 2.24) is 0 Å². The summed E-state index contributed by atoms with van der Waals surface area (Å²) in [5, 5.41) is 8.94. The number of rotatable bonds is 6. The Kier molecular flexibility index (Phi) is 5.80. The number of halogens is 1. The molecule has 0 aliphatic rings. The second kappa shape index (κ2) is 6.89. The number of hydrogen-bond acceptors (Lipinski definition) is 3. The van der Waals surface area contributed by atoms with Crippen LogP contribution in [0, 0.1) is 5.82 Å². The van der Waals surface area contributed by atoms with Crippen molar-refractivity contribution in [3.8, 4) is 0 Å². The minimum Gasteiger partial charge on any atom is -0.396 e. The third-order valence-electron chi connectivity index (χ3n) is 2.44. The number of thioether (sulfide) groups is 1. The highest BCUT2D eigenvalue weighted by Crippen LogP contribution is 2.24. The topological polar surface area (TPSA) is 46.2 Å². The Bertz CT molecular complexity index is 304. The Balaban J connectivity index is 2.49. The van der Waals surface area contributed by atoms with Crippen LogP contribution in [0.15, 0.2) is 24.3 Å². The van der Waals surface area contributed by atoms with E-state index >= 15 is 0 Å². The van der Waals surface area contributed by atoms with E-state index in [1.54, 1.807) is 23.9 Å². The van der Waals surface area contributed by atoms with E-state index in [2.05, 4.69) is 6.92 Å².